The molecule has 1 aromatic heterocycles. The number of hydrogen-bond acceptors (Lipinski definition) is 1. The molecule has 2 aromatic rings. The van der Waals surface area contributed by atoms with Gasteiger partial charge in [0.2, 0.25) is 0 Å². The Kier molecular flexibility index (Phi) is 3.36. The summed E-state index contributed by atoms with van der Waals surface area (Å²) in [6.07, 6.45) is 6.43. The molecule has 0 bridgehead atoms. The first kappa shape index (κ1) is 12.7. The van der Waals surface area contributed by atoms with Crippen LogP contribution in [0.15, 0.2) is 24.4 Å². The first-order chi connectivity index (χ1) is 9.16. The SMILES string of the molecule is Cc1cccc2c1c(CNC1CCC1)cn2C(C)C. The number of aryl methyl sites for hydroxylation is 1. The maximum Gasteiger partial charge on any atom is 0.0488 e. The average Bonchev–Trinajstić information content (AvgIpc) is 2.68. The van der Waals surface area contributed by atoms with Gasteiger partial charge in [0, 0.05) is 35.7 Å². The molecule has 1 aliphatic rings. The van der Waals surface area contributed by atoms with Crippen molar-refractivity contribution < 1.29 is 0 Å². The number of benzene rings is 1. The lowest BCUT2D eigenvalue weighted by Gasteiger charge is -2.26. The van der Waals surface area contributed by atoms with Crippen molar-refractivity contribution in [1.82, 2.24) is 9.88 Å². The van der Waals surface area contributed by atoms with Crippen molar-refractivity contribution in [3.05, 3.63) is 35.5 Å². The van der Waals surface area contributed by atoms with Crippen molar-refractivity contribution in [2.75, 3.05) is 0 Å². The highest BCUT2D eigenvalue weighted by Crippen LogP contribution is 2.28. The number of nitrogens with one attached hydrogen (secondary N) is 1. The highest BCUT2D eigenvalue weighted by atomic mass is 15.0. The summed E-state index contributed by atoms with van der Waals surface area (Å²) in [5, 5.41) is 5.14. The fourth-order valence-electron chi connectivity index (χ4n) is 3.02. The lowest BCUT2D eigenvalue weighted by atomic mass is 9.93. The van der Waals surface area contributed by atoms with Crippen molar-refractivity contribution in [3.8, 4) is 0 Å². The van der Waals surface area contributed by atoms with Gasteiger partial charge in [0.15, 0.2) is 0 Å². The zero-order valence-electron chi connectivity index (χ0n) is 12.2. The van der Waals surface area contributed by atoms with Gasteiger partial charge in [-0.1, -0.05) is 18.6 Å². The molecule has 102 valence electrons. The molecule has 1 N–H and O–H groups in total. The van der Waals surface area contributed by atoms with Crippen LogP contribution >= 0.6 is 0 Å². The van der Waals surface area contributed by atoms with Crippen LogP contribution < -0.4 is 5.32 Å². The monoisotopic (exact) mass is 256 g/mol. The van der Waals surface area contributed by atoms with Crippen molar-refractivity contribution in [2.45, 2.75) is 58.7 Å². The van der Waals surface area contributed by atoms with E-state index in [0.29, 0.717) is 6.04 Å². The molecular formula is C17H24N2. The van der Waals surface area contributed by atoms with Gasteiger partial charge in [0.1, 0.15) is 0 Å². The van der Waals surface area contributed by atoms with Gasteiger partial charge in [0.05, 0.1) is 0 Å². The molecule has 0 saturated heterocycles. The van der Waals surface area contributed by atoms with Gasteiger partial charge in [-0.3, -0.25) is 0 Å². The first-order valence-electron chi connectivity index (χ1n) is 7.49. The number of aromatic nitrogens is 1. The molecule has 1 fully saturated rings. The summed E-state index contributed by atoms with van der Waals surface area (Å²) in [7, 11) is 0. The normalized spacial score (nSPS) is 16.2. The molecule has 1 aromatic carbocycles. The molecule has 2 heteroatoms. The predicted molar refractivity (Wildman–Crippen MR) is 81.5 cm³/mol. The maximum atomic E-state index is 3.69. The third-order valence-electron chi connectivity index (χ3n) is 4.39. The second-order valence-corrected chi connectivity index (χ2v) is 6.13. The third-order valence-corrected chi connectivity index (χ3v) is 4.39. The summed E-state index contributed by atoms with van der Waals surface area (Å²) >= 11 is 0. The van der Waals surface area contributed by atoms with Gasteiger partial charge in [-0.15, -0.1) is 0 Å². The van der Waals surface area contributed by atoms with Crippen molar-refractivity contribution in [2.24, 2.45) is 0 Å². The van der Waals surface area contributed by atoms with Gasteiger partial charge < -0.3 is 9.88 Å². The fraction of sp³-hybridized carbons (Fsp3) is 0.529. The smallest absolute Gasteiger partial charge is 0.0488 e. The van der Waals surface area contributed by atoms with Crippen LogP contribution in [0.25, 0.3) is 10.9 Å². The molecule has 0 aliphatic heterocycles. The van der Waals surface area contributed by atoms with Crippen LogP contribution in [-0.2, 0) is 6.54 Å². The van der Waals surface area contributed by atoms with Gasteiger partial charge in [0.25, 0.3) is 0 Å². The van der Waals surface area contributed by atoms with Gasteiger partial charge in [-0.25, -0.2) is 0 Å². The molecule has 0 spiro atoms. The van der Waals surface area contributed by atoms with Crippen LogP contribution in [0, 0.1) is 6.92 Å². The maximum absolute atomic E-state index is 3.69. The minimum absolute atomic E-state index is 0.516. The Hall–Kier alpha value is -1.28. The van der Waals surface area contributed by atoms with E-state index in [-0.39, 0.29) is 0 Å². The van der Waals surface area contributed by atoms with E-state index in [1.54, 1.807) is 0 Å². The van der Waals surface area contributed by atoms with Crippen LogP contribution in [0.5, 0.6) is 0 Å². The molecule has 2 nitrogen and oxygen atoms in total. The predicted octanol–water partition coefficient (Wildman–Crippen LogP) is 4.17. The Morgan fingerprint density at radius 1 is 1.32 bits per heavy atom. The van der Waals surface area contributed by atoms with E-state index < -0.39 is 0 Å². The van der Waals surface area contributed by atoms with E-state index in [1.165, 1.54) is 41.3 Å². The van der Waals surface area contributed by atoms with Gasteiger partial charge in [-0.2, -0.15) is 0 Å². The molecule has 0 amide bonds. The highest BCUT2D eigenvalue weighted by Gasteiger charge is 2.18. The fourth-order valence-corrected chi connectivity index (χ4v) is 3.02. The minimum atomic E-state index is 0.516. The van der Waals surface area contributed by atoms with Crippen LogP contribution in [-0.4, -0.2) is 10.6 Å². The number of rotatable bonds is 4. The topological polar surface area (TPSA) is 17.0 Å². The lowest BCUT2D eigenvalue weighted by molar-refractivity contribution is 0.338. The zero-order valence-corrected chi connectivity index (χ0v) is 12.2. The van der Waals surface area contributed by atoms with Crippen molar-refractivity contribution >= 4 is 10.9 Å². The Bertz CT molecular complexity index is 576. The van der Waals surface area contributed by atoms with E-state index >= 15 is 0 Å². The van der Waals surface area contributed by atoms with Crippen LogP contribution in [0.4, 0.5) is 0 Å². The largest absolute Gasteiger partial charge is 0.345 e. The van der Waals surface area contributed by atoms with Crippen molar-refractivity contribution in [3.63, 3.8) is 0 Å². The molecule has 0 unspecified atom stereocenters. The van der Waals surface area contributed by atoms with E-state index in [4.69, 9.17) is 0 Å². The second-order valence-electron chi connectivity index (χ2n) is 6.13. The summed E-state index contributed by atoms with van der Waals surface area (Å²) < 4.78 is 2.40. The van der Waals surface area contributed by atoms with E-state index in [9.17, 15) is 0 Å². The Morgan fingerprint density at radius 2 is 2.11 bits per heavy atom. The molecule has 1 saturated carbocycles. The quantitative estimate of drug-likeness (QED) is 0.868. The number of fused-ring (bicyclic) bond motifs is 1. The lowest BCUT2D eigenvalue weighted by Crippen LogP contribution is -2.34. The molecule has 0 radical (unpaired) electrons. The summed E-state index contributed by atoms with van der Waals surface area (Å²) in [6.45, 7) is 7.74. The first-order valence-corrected chi connectivity index (χ1v) is 7.49. The zero-order chi connectivity index (χ0) is 13.4. The second kappa shape index (κ2) is 5.01. The van der Waals surface area contributed by atoms with Crippen LogP contribution in [0.3, 0.4) is 0 Å². The molecule has 3 rings (SSSR count). The molecule has 19 heavy (non-hydrogen) atoms. The van der Waals surface area contributed by atoms with Crippen LogP contribution in [0.2, 0.25) is 0 Å². The van der Waals surface area contributed by atoms with Gasteiger partial charge in [-0.05, 0) is 50.8 Å². The summed E-state index contributed by atoms with van der Waals surface area (Å²) in [6, 6.07) is 7.90. The summed E-state index contributed by atoms with van der Waals surface area (Å²) in [5.74, 6) is 0. The Labute approximate surface area is 115 Å². The third kappa shape index (κ3) is 2.30. The van der Waals surface area contributed by atoms with E-state index in [0.717, 1.165) is 12.6 Å². The Balaban J connectivity index is 1.97. The minimum Gasteiger partial charge on any atom is -0.345 e. The summed E-state index contributed by atoms with van der Waals surface area (Å²) in [4.78, 5) is 0. The number of nitrogens with zero attached hydrogens (tertiary/aromatic N) is 1. The average molecular weight is 256 g/mol. The van der Waals surface area contributed by atoms with E-state index in [1.807, 2.05) is 0 Å². The Morgan fingerprint density at radius 3 is 2.74 bits per heavy atom. The molecular weight excluding hydrogens is 232 g/mol. The molecule has 1 aliphatic carbocycles. The number of hydrogen-bond donors (Lipinski definition) is 1. The van der Waals surface area contributed by atoms with Gasteiger partial charge >= 0.3 is 0 Å². The molecule has 1 heterocycles. The van der Waals surface area contributed by atoms with E-state index in [2.05, 4.69) is 55.1 Å². The molecule has 0 atom stereocenters. The van der Waals surface area contributed by atoms with Crippen molar-refractivity contribution in [1.29, 1.82) is 0 Å². The highest BCUT2D eigenvalue weighted by molar-refractivity contribution is 5.87. The summed E-state index contributed by atoms with van der Waals surface area (Å²) in [5.41, 5.74) is 4.22. The standard InChI is InChI=1S/C17H24N2/c1-12(2)19-11-14(10-18-15-7-5-8-15)17-13(3)6-4-9-16(17)19/h4,6,9,11-12,15,18H,5,7-8,10H2,1-3H3. The van der Waals surface area contributed by atoms with Crippen LogP contribution in [0.1, 0.15) is 50.3 Å².